The lowest BCUT2D eigenvalue weighted by molar-refractivity contribution is -0.384. The fourth-order valence-corrected chi connectivity index (χ4v) is 5.33. The summed E-state index contributed by atoms with van der Waals surface area (Å²) in [4.78, 5) is 10.3. The average molecular weight is 356 g/mol. The molecule has 0 saturated carbocycles. The van der Waals surface area contributed by atoms with Gasteiger partial charge in [0.15, 0.2) is 0 Å². The number of ether oxygens (including phenoxy) is 2. The normalized spacial score (nSPS) is 20.7. The van der Waals surface area contributed by atoms with Crippen molar-refractivity contribution in [2.75, 3.05) is 57.7 Å². The number of morpholine rings is 2. The minimum absolute atomic E-state index is 0.00753. The maximum atomic E-state index is 13.8. The van der Waals surface area contributed by atoms with Crippen LogP contribution in [0.15, 0.2) is 24.3 Å². The van der Waals surface area contributed by atoms with Crippen LogP contribution in [0.4, 0.5) is 11.4 Å². The van der Waals surface area contributed by atoms with Crippen molar-refractivity contribution in [3.05, 3.63) is 34.4 Å². The highest BCUT2D eigenvalue weighted by Crippen LogP contribution is 2.53. The fraction of sp³-hybridized carbons (Fsp3) is 0.571. The van der Waals surface area contributed by atoms with E-state index in [0.717, 1.165) is 0 Å². The maximum absolute atomic E-state index is 13.8. The molecule has 0 spiro atoms. The zero-order valence-electron chi connectivity index (χ0n) is 13.3. The second-order valence-electron chi connectivity index (χ2n) is 5.59. The average Bonchev–Trinajstić information content (AvgIpc) is 2.63. The van der Waals surface area contributed by atoms with Crippen molar-refractivity contribution in [2.24, 2.45) is 0 Å². The number of nitrogens with one attached hydrogen (secondary N) is 1. The van der Waals surface area contributed by atoms with Crippen molar-refractivity contribution in [2.45, 2.75) is 0 Å². The van der Waals surface area contributed by atoms with Crippen LogP contribution in [0, 0.1) is 10.1 Å². The van der Waals surface area contributed by atoms with Gasteiger partial charge < -0.3 is 14.6 Å². The van der Waals surface area contributed by atoms with Crippen molar-refractivity contribution in [1.82, 2.24) is 9.34 Å². The van der Waals surface area contributed by atoms with Crippen LogP contribution in [-0.4, -0.2) is 66.9 Å². The smallest absolute Gasteiger partial charge is 0.308 e. The number of hydrogen-bond donors (Lipinski definition) is 1. The standard InChI is InChI=1S/C14H21N4O5P/c19-18(20)14-3-1-13(2-4-14)15-24(21,16-5-9-22-10-6-16)17-7-11-23-12-8-17/h1-4H,5-12H2,(H,15,21). The van der Waals surface area contributed by atoms with E-state index in [1.54, 1.807) is 12.1 Å². The third-order valence-electron chi connectivity index (χ3n) is 4.09. The van der Waals surface area contributed by atoms with Gasteiger partial charge in [-0.3, -0.25) is 14.7 Å². The summed E-state index contributed by atoms with van der Waals surface area (Å²) in [6.45, 7) is 4.46. The molecule has 132 valence electrons. The van der Waals surface area contributed by atoms with E-state index in [-0.39, 0.29) is 5.69 Å². The lowest BCUT2D eigenvalue weighted by atomic mass is 10.3. The Morgan fingerprint density at radius 1 is 0.958 bits per heavy atom. The zero-order chi connectivity index (χ0) is 17.0. The van der Waals surface area contributed by atoms with Crippen LogP contribution in [0.1, 0.15) is 0 Å². The van der Waals surface area contributed by atoms with E-state index in [1.165, 1.54) is 12.1 Å². The molecule has 0 atom stereocenters. The lowest BCUT2D eigenvalue weighted by Gasteiger charge is -2.42. The highest BCUT2D eigenvalue weighted by Gasteiger charge is 2.39. The third-order valence-corrected chi connectivity index (χ3v) is 6.98. The van der Waals surface area contributed by atoms with Crippen molar-refractivity contribution < 1.29 is 19.0 Å². The summed E-state index contributed by atoms with van der Waals surface area (Å²) in [6, 6.07) is 5.99. The maximum Gasteiger partial charge on any atom is 0.308 e. The number of nitro groups is 1. The summed E-state index contributed by atoms with van der Waals surface area (Å²) in [5.74, 6) is 0. The molecule has 2 fully saturated rings. The Morgan fingerprint density at radius 2 is 1.42 bits per heavy atom. The Bertz CT molecular complexity index is 592. The molecule has 1 aromatic rings. The van der Waals surface area contributed by atoms with Gasteiger partial charge in [-0.05, 0) is 12.1 Å². The van der Waals surface area contributed by atoms with E-state index >= 15 is 0 Å². The number of nitro benzene ring substituents is 1. The third kappa shape index (κ3) is 3.76. The molecule has 9 nitrogen and oxygen atoms in total. The molecule has 10 heteroatoms. The lowest BCUT2D eigenvalue weighted by Crippen LogP contribution is -2.45. The van der Waals surface area contributed by atoms with E-state index in [1.807, 2.05) is 9.34 Å². The molecular formula is C14H21N4O5P. The molecule has 2 aliphatic rings. The molecule has 0 bridgehead atoms. The molecular weight excluding hydrogens is 335 g/mol. The van der Waals surface area contributed by atoms with E-state index in [9.17, 15) is 14.7 Å². The number of hydrogen-bond acceptors (Lipinski definition) is 5. The van der Waals surface area contributed by atoms with Gasteiger partial charge in [0.2, 0.25) is 0 Å². The summed E-state index contributed by atoms with van der Waals surface area (Å²) >= 11 is 0. The van der Waals surface area contributed by atoms with Crippen LogP contribution in [0.3, 0.4) is 0 Å². The molecule has 0 aliphatic carbocycles. The van der Waals surface area contributed by atoms with Gasteiger partial charge in [0.25, 0.3) is 5.69 Å². The SMILES string of the molecule is O=[N+]([O-])c1ccc(NP(=O)(N2CCOCC2)N2CCOCC2)cc1. The monoisotopic (exact) mass is 356 g/mol. The highest BCUT2D eigenvalue weighted by atomic mass is 31.2. The summed E-state index contributed by atoms with van der Waals surface area (Å²) in [7, 11) is -3.04. The summed E-state index contributed by atoms with van der Waals surface area (Å²) in [5.41, 5.74) is 0.607. The molecule has 1 aromatic carbocycles. The highest BCUT2D eigenvalue weighted by molar-refractivity contribution is 7.60. The van der Waals surface area contributed by atoms with E-state index in [2.05, 4.69) is 5.09 Å². The molecule has 2 aliphatic heterocycles. The van der Waals surface area contributed by atoms with E-state index in [4.69, 9.17) is 9.47 Å². The Morgan fingerprint density at radius 3 is 1.83 bits per heavy atom. The topological polar surface area (TPSA) is 97.2 Å². The Kier molecular flexibility index (Phi) is 5.47. The molecule has 2 heterocycles. The van der Waals surface area contributed by atoms with Gasteiger partial charge in [-0.25, -0.2) is 9.34 Å². The summed E-state index contributed by atoms with van der Waals surface area (Å²) in [6.07, 6.45) is 0. The molecule has 0 radical (unpaired) electrons. The van der Waals surface area contributed by atoms with Gasteiger partial charge in [-0.1, -0.05) is 0 Å². The first kappa shape index (κ1) is 17.3. The van der Waals surface area contributed by atoms with Gasteiger partial charge in [-0.2, -0.15) is 0 Å². The van der Waals surface area contributed by atoms with Gasteiger partial charge >= 0.3 is 7.59 Å². The summed E-state index contributed by atoms with van der Waals surface area (Å²) < 4.78 is 28.4. The Hall–Kier alpha value is -1.51. The van der Waals surface area contributed by atoms with Crippen LogP contribution >= 0.6 is 7.59 Å². The van der Waals surface area contributed by atoms with E-state index in [0.29, 0.717) is 58.3 Å². The van der Waals surface area contributed by atoms with Crippen LogP contribution in [0.5, 0.6) is 0 Å². The minimum Gasteiger partial charge on any atom is -0.379 e. The van der Waals surface area contributed by atoms with Crippen molar-refractivity contribution in [1.29, 1.82) is 0 Å². The number of non-ortho nitro benzene ring substituents is 1. The zero-order valence-corrected chi connectivity index (χ0v) is 14.2. The van der Waals surface area contributed by atoms with Gasteiger partial charge in [0, 0.05) is 44.0 Å². The Balaban J connectivity index is 1.83. The number of anilines is 1. The first-order valence-corrected chi connectivity index (χ1v) is 9.50. The molecule has 0 unspecified atom stereocenters. The van der Waals surface area contributed by atoms with Gasteiger partial charge in [0.05, 0.1) is 31.4 Å². The predicted octanol–water partition coefficient (Wildman–Crippen LogP) is 1.78. The fourth-order valence-electron chi connectivity index (χ4n) is 2.80. The van der Waals surface area contributed by atoms with Crippen LogP contribution in [-0.2, 0) is 14.0 Å². The minimum atomic E-state index is -3.04. The van der Waals surface area contributed by atoms with E-state index < -0.39 is 12.5 Å². The van der Waals surface area contributed by atoms with Gasteiger partial charge in [-0.15, -0.1) is 0 Å². The number of nitrogens with zero attached hydrogens (tertiary/aromatic N) is 3. The first-order valence-electron chi connectivity index (χ1n) is 7.89. The number of benzene rings is 1. The predicted molar refractivity (Wildman–Crippen MR) is 89.1 cm³/mol. The molecule has 0 aromatic heterocycles. The Labute approximate surface area is 140 Å². The number of rotatable bonds is 5. The van der Waals surface area contributed by atoms with Crippen molar-refractivity contribution in [3.8, 4) is 0 Å². The van der Waals surface area contributed by atoms with Crippen LogP contribution in [0.25, 0.3) is 0 Å². The molecule has 1 N–H and O–H groups in total. The second kappa shape index (κ2) is 7.58. The molecule has 0 amide bonds. The van der Waals surface area contributed by atoms with Crippen LogP contribution in [0.2, 0.25) is 0 Å². The summed E-state index contributed by atoms with van der Waals surface area (Å²) in [5, 5.41) is 13.9. The van der Waals surface area contributed by atoms with Crippen LogP contribution < -0.4 is 5.09 Å². The first-order chi connectivity index (χ1) is 11.6. The molecule has 2 saturated heterocycles. The van der Waals surface area contributed by atoms with Crippen molar-refractivity contribution in [3.63, 3.8) is 0 Å². The van der Waals surface area contributed by atoms with Gasteiger partial charge in [0.1, 0.15) is 0 Å². The quantitative estimate of drug-likeness (QED) is 0.484. The molecule has 3 rings (SSSR count). The van der Waals surface area contributed by atoms with Crippen molar-refractivity contribution >= 4 is 19.0 Å². The molecule has 24 heavy (non-hydrogen) atoms. The largest absolute Gasteiger partial charge is 0.379 e. The second-order valence-corrected chi connectivity index (χ2v) is 8.03.